The Morgan fingerprint density at radius 2 is 1.95 bits per heavy atom. The van der Waals surface area contributed by atoms with E-state index in [0.717, 1.165) is 0 Å². The van der Waals surface area contributed by atoms with E-state index >= 15 is 0 Å². The first kappa shape index (κ1) is 14.2. The maximum atomic E-state index is 11.4. The zero-order chi connectivity index (χ0) is 14.5. The Kier molecular flexibility index (Phi) is 4.48. The molecule has 20 heavy (non-hydrogen) atoms. The lowest BCUT2D eigenvalue weighted by Gasteiger charge is -2.16. The molecule has 0 aliphatic rings. The normalized spacial score (nSPS) is 11.7. The smallest absolute Gasteiger partial charge is 0.330 e. The number of carboxylic acids is 1. The van der Waals surface area contributed by atoms with Crippen LogP contribution in [0, 0.1) is 0 Å². The number of aliphatic carboxylic acids is 1. The van der Waals surface area contributed by atoms with Crippen LogP contribution >= 0.6 is 11.6 Å². The van der Waals surface area contributed by atoms with E-state index in [1.165, 1.54) is 0 Å². The second-order valence-corrected chi connectivity index (χ2v) is 4.64. The molecule has 0 amide bonds. The fourth-order valence-electron chi connectivity index (χ4n) is 1.82. The third-order valence-corrected chi connectivity index (χ3v) is 3.08. The van der Waals surface area contributed by atoms with Crippen molar-refractivity contribution in [2.45, 2.75) is 6.04 Å². The fraction of sp³-hybridized carbons (Fsp3) is 0.133. The Balaban J connectivity index is 2.25. The van der Waals surface area contributed by atoms with E-state index in [2.05, 4.69) is 5.32 Å². The molecular weight excluding hydrogens is 278 g/mol. The van der Waals surface area contributed by atoms with Gasteiger partial charge in [0.05, 0.1) is 7.11 Å². The zero-order valence-corrected chi connectivity index (χ0v) is 11.6. The lowest BCUT2D eigenvalue weighted by molar-refractivity contribution is -0.138. The highest BCUT2D eigenvalue weighted by Crippen LogP contribution is 2.24. The second-order valence-electron chi connectivity index (χ2n) is 4.20. The van der Waals surface area contributed by atoms with Gasteiger partial charge in [-0.3, -0.25) is 0 Å². The number of ether oxygens (including phenoxy) is 1. The molecule has 0 heterocycles. The number of hydrogen-bond acceptors (Lipinski definition) is 3. The molecule has 0 saturated carbocycles. The zero-order valence-electron chi connectivity index (χ0n) is 10.8. The lowest BCUT2D eigenvalue weighted by Crippen LogP contribution is -2.20. The molecule has 2 aromatic carbocycles. The van der Waals surface area contributed by atoms with Crippen molar-refractivity contribution >= 4 is 23.3 Å². The minimum Gasteiger partial charge on any atom is -0.497 e. The van der Waals surface area contributed by atoms with Crippen LogP contribution in [0.5, 0.6) is 5.75 Å². The van der Waals surface area contributed by atoms with Crippen LogP contribution in [0.15, 0.2) is 48.5 Å². The molecule has 104 valence electrons. The summed E-state index contributed by atoms with van der Waals surface area (Å²) in [6.45, 7) is 0. The van der Waals surface area contributed by atoms with Gasteiger partial charge in [-0.15, -0.1) is 0 Å². The van der Waals surface area contributed by atoms with E-state index in [1.54, 1.807) is 55.6 Å². The van der Waals surface area contributed by atoms with Gasteiger partial charge in [0.25, 0.3) is 0 Å². The van der Waals surface area contributed by atoms with E-state index in [-0.39, 0.29) is 0 Å². The molecular formula is C15H14ClNO3. The van der Waals surface area contributed by atoms with Crippen molar-refractivity contribution in [2.24, 2.45) is 0 Å². The third kappa shape index (κ3) is 3.42. The van der Waals surface area contributed by atoms with Crippen LogP contribution in [-0.2, 0) is 4.79 Å². The Labute approximate surface area is 122 Å². The molecule has 0 aliphatic heterocycles. The summed E-state index contributed by atoms with van der Waals surface area (Å²) in [4.78, 5) is 11.4. The first-order valence-corrected chi connectivity index (χ1v) is 6.37. The number of rotatable bonds is 5. The molecule has 0 unspecified atom stereocenters. The molecule has 4 nitrogen and oxygen atoms in total. The number of hydrogen-bond donors (Lipinski definition) is 2. The van der Waals surface area contributed by atoms with Crippen LogP contribution in [0.4, 0.5) is 5.69 Å². The Hall–Kier alpha value is -2.20. The van der Waals surface area contributed by atoms with Crippen molar-refractivity contribution in [3.05, 3.63) is 59.1 Å². The van der Waals surface area contributed by atoms with Crippen molar-refractivity contribution < 1.29 is 14.6 Å². The summed E-state index contributed by atoms with van der Waals surface area (Å²) in [7, 11) is 1.56. The SMILES string of the molecule is COc1cccc(N[C@@H](C(=O)O)c2ccc(Cl)cc2)c1. The Morgan fingerprint density at radius 3 is 2.55 bits per heavy atom. The molecule has 1 atom stereocenters. The minimum absolute atomic E-state index is 0.569. The van der Waals surface area contributed by atoms with Gasteiger partial charge >= 0.3 is 5.97 Å². The fourth-order valence-corrected chi connectivity index (χ4v) is 1.95. The van der Waals surface area contributed by atoms with Crippen LogP contribution in [0.3, 0.4) is 0 Å². The van der Waals surface area contributed by atoms with Crippen LogP contribution in [0.1, 0.15) is 11.6 Å². The standard InChI is InChI=1S/C15H14ClNO3/c1-20-13-4-2-3-12(9-13)17-14(15(18)19)10-5-7-11(16)8-6-10/h2-9,14,17H,1H3,(H,18,19)/t14-/m1/s1. The lowest BCUT2D eigenvalue weighted by atomic mass is 10.1. The molecule has 5 heteroatoms. The summed E-state index contributed by atoms with van der Waals surface area (Å²) in [5.41, 5.74) is 1.30. The van der Waals surface area contributed by atoms with E-state index < -0.39 is 12.0 Å². The molecule has 0 spiro atoms. The highest BCUT2D eigenvalue weighted by Gasteiger charge is 2.19. The van der Waals surface area contributed by atoms with Crippen molar-refractivity contribution in [1.82, 2.24) is 0 Å². The van der Waals surface area contributed by atoms with Gasteiger partial charge in [-0.2, -0.15) is 0 Å². The summed E-state index contributed by atoms with van der Waals surface area (Å²) in [5, 5.41) is 12.9. The number of nitrogens with one attached hydrogen (secondary N) is 1. The second kappa shape index (κ2) is 6.30. The largest absolute Gasteiger partial charge is 0.497 e. The predicted octanol–water partition coefficient (Wildman–Crippen LogP) is 3.59. The number of benzene rings is 2. The topological polar surface area (TPSA) is 58.6 Å². The summed E-state index contributed by atoms with van der Waals surface area (Å²) in [6.07, 6.45) is 0. The number of carboxylic acid groups (broad SMARTS) is 1. The average molecular weight is 292 g/mol. The minimum atomic E-state index is -0.963. The van der Waals surface area contributed by atoms with Crippen LogP contribution in [0.2, 0.25) is 5.02 Å². The van der Waals surface area contributed by atoms with E-state index in [4.69, 9.17) is 16.3 Å². The maximum absolute atomic E-state index is 11.4. The van der Waals surface area contributed by atoms with E-state index in [9.17, 15) is 9.90 Å². The number of anilines is 1. The summed E-state index contributed by atoms with van der Waals surface area (Å²) < 4.78 is 5.11. The maximum Gasteiger partial charge on any atom is 0.330 e. The van der Waals surface area contributed by atoms with Crippen molar-refractivity contribution in [2.75, 3.05) is 12.4 Å². The number of halogens is 1. The molecule has 0 saturated heterocycles. The van der Waals surface area contributed by atoms with E-state index in [1.807, 2.05) is 0 Å². The van der Waals surface area contributed by atoms with Gasteiger partial charge in [-0.1, -0.05) is 29.8 Å². The molecule has 2 rings (SSSR count). The number of carbonyl (C=O) groups is 1. The Bertz CT molecular complexity index is 598. The highest BCUT2D eigenvalue weighted by atomic mass is 35.5. The monoisotopic (exact) mass is 291 g/mol. The molecule has 2 aromatic rings. The Morgan fingerprint density at radius 1 is 1.25 bits per heavy atom. The van der Waals surface area contributed by atoms with Crippen LogP contribution in [-0.4, -0.2) is 18.2 Å². The molecule has 0 bridgehead atoms. The van der Waals surface area contributed by atoms with Gasteiger partial charge in [0.15, 0.2) is 6.04 Å². The number of methoxy groups -OCH3 is 1. The first-order chi connectivity index (χ1) is 9.60. The summed E-state index contributed by atoms with van der Waals surface area (Å²) in [5.74, 6) is -0.301. The molecule has 2 N–H and O–H groups in total. The molecule has 0 aliphatic carbocycles. The molecule has 0 aromatic heterocycles. The van der Waals surface area contributed by atoms with Gasteiger partial charge in [0.1, 0.15) is 5.75 Å². The third-order valence-electron chi connectivity index (χ3n) is 2.83. The average Bonchev–Trinajstić information content (AvgIpc) is 2.46. The van der Waals surface area contributed by atoms with Gasteiger partial charge in [0.2, 0.25) is 0 Å². The molecule has 0 fully saturated rings. The molecule has 0 radical (unpaired) electrons. The van der Waals surface area contributed by atoms with Crippen LogP contribution in [0.25, 0.3) is 0 Å². The van der Waals surface area contributed by atoms with E-state index in [0.29, 0.717) is 22.0 Å². The predicted molar refractivity (Wildman–Crippen MR) is 78.4 cm³/mol. The van der Waals surface area contributed by atoms with Crippen molar-refractivity contribution in [3.8, 4) is 5.75 Å². The highest BCUT2D eigenvalue weighted by molar-refractivity contribution is 6.30. The van der Waals surface area contributed by atoms with Gasteiger partial charge < -0.3 is 15.2 Å². The first-order valence-electron chi connectivity index (χ1n) is 5.99. The van der Waals surface area contributed by atoms with Crippen molar-refractivity contribution in [1.29, 1.82) is 0 Å². The van der Waals surface area contributed by atoms with Crippen LogP contribution < -0.4 is 10.1 Å². The van der Waals surface area contributed by atoms with Crippen molar-refractivity contribution in [3.63, 3.8) is 0 Å². The van der Waals surface area contributed by atoms with Gasteiger partial charge in [-0.05, 0) is 29.8 Å². The quantitative estimate of drug-likeness (QED) is 0.884. The van der Waals surface area contributed by atoms with Gasteiger partial charge in [0, 0.05) is 16.8 Å². The summed E-state index contributed by atoms with van der Waals surface area (Å²) >= 11 is 5.81. The van der Waals surface area contributed by atoms with Gasteiger partial charge in [-0.25, -0.2) is 4.79 Å². The summed E-state index contributed by atoms with van der Waals surface area (Å²) in [6, 6.07) is 13.0.